The summed E-state index contributed by atoms with van der Waals surface area (Å²) in [7, 11) is -3.92. The Labute approximate surface area is 196 Å². The minimum atomic E-state index is -3.92. The zero-order chi connectivity index (χ0) is 22.2. The van der Waals surface area contributed by atoms with Crippen molar-refractivity contribution in [3.05, 3.63) is 81.3 Å². The summed E-state index contributed by atoms with van der Waals surface area (Å²) < 4.78 is 28.6. The van der Waals surface area contributed by atoms with Crippen LogP contribution in [0.15, 0.2) is 65.6 Å². The van der Waals surface area contributed by atoms with Gasteiger partial charge in [0.2, 0.25) is 0 Å². The Kier molecular flexibility index (Phi) is 6.09. The van der Waals surface area contributed by atoms with Gasteiger partial charge >= 0.3 is 0 Å². The van der Waals surface area contributed by atoms with Crippen LogP contribution in [-0.2, 0) is 10.0 Å². The Hall–Kier alpha value is -2.36. The lowest BCUT2D eigenvalue weighted by Crippen LogP contribution is -2.18. The van der Waals surface area contributed by atoms with Crippen molar-refractivity contribution < 1.29 is 13.2 Å². The number of rotatable bonds is 5. The quantitative estimate of drug-likeness (QED) is 0.328. The van der Waals surface area contributed by atoms with E-state index in [2.05, 4.69) is 15.0 Å². The van der Waals surface area contributed by atoms with Crippen molar-refractivity contribution in [1.29, 1.82) is 0 Å². The number of aromatic nitrogens is 1. The smallest absolute Gasteiger partial charge is 0.261 e. The Morgan fingerprint density at radius 3 is 2.39 bits per heavy atom. The van der Waals surface area contributed by atoms with Crippen molar-refractivity contribution in [3.8, 4) is 0 Å². The summed E-state index contributed by atoms with van der Waals surface area (Å²) in [5.74, 6) is -0.532. The van der Waals surface area contributed by atoms with Gasteiger partial charge in [0, 0.05) is 5.02 Å². The molecule has 0 fully saturated rings. The van der Waals surface area contributed by atoms with Crippen molar-refractivity contribution in [2.45, 2.75) is 4.90 Å². The second-order valence-electron chi connectivity index (χ2n) is 6.29. The Morgan fingerprint density at radius 1 is 0.935 bits per heavy atom. The third-order valence-electron chi connectivity index (χ3n) is 4.21. The molecule has 1 aromatic heterocycles. The molecule has 0 bridgehead atoms. The van der Waals surface area contributed by atoms with Crippen LogP contribution in [0.2, 0.25) is 15.1 Å². The van der Waals surface area contributed by atoms with Gasteiger partial charge in [0.25, 0.3) is 15.9 Å². The minimum absolute atomic E-state index is 0.0183. The predicted octanol–water partition coefficient (Wildman–Crippen LogP) is 6.31. The van der Waals surface area contributed by atoms with E-state index in [9.17, 15) is 13.2 Å². The van der Waals surface area contributed by atoms with E-state index in [1.807, 2.05) is 0 Å². The first-order valence-corrected chi connectivity index (χ1v) is 12.1. The summed E-state index contributed by atoms with van der Waals surface area (Å²) in [6.45, 7) is 0. The fraction of sp³-hybridized carbons (Fsp3) is 0. The SMILES string of the molecule is O=C(Nc1nc2c(Cl)c(Cl)ccc2s1)c1ccccc1NS(=O)(=O)c1ccc(Cl)cc1. The minimum Gasteiger partial charge on any atom is -0.298 e. The van der Waals surface area contributed by atoms with E-state index in [-0.39, 0.29) is 16.1 Å². The molecule has 0 aliphatic rings. The first kappa shape index (κ1) is 21.9. The second kappa shape index (κ2) is 8.64. The Bertz CT molecular complexity index is 1400. The number of amides is 1. The Balaban J connectivity index is 1.61. The van der Waals surface area contributed by atoms with Gasteiger partial charge in [0.1, 0.15) is 5.52 Å². The van der Waals surface area contributed by atoms with Crippen molar-refractivity contribution in [3.63, 3.8) is 0 Å². The van der Waals surface area contributed by atoms with Gasteiger partial charge in [-0.05, 0) is 48.5 Å². The summed E-state index contributed by atoms with van der Waals surface area (Å²) in [5.41, 5.74) is 0.728. The zero-order valence-electron chi connectivity index (χ0n) is 15.4. The lowest BCUT2D eigenvalue weighted by Gasteiger charge is -2.12. The van der Waals surface area contributed by atoms with E-state index in [4.69, 9.17) is 34.8 Å². The number of fused-ring (bicyclic) bond motifs is 1. The van der Waals surface area contributed by atoms with E-state index in [1.165, 1.54) is 47.7 Å². The first-order valence-electron chi connectivity index (χ1n) is 8.68. The fourth-order valence-electron chi connectivity index (χ4n) is 2.74. The third-order valence-corrected chi connectivity index (χ3v) is 7.58. The maximum absolute atomic E-state index is 12.9. The molecule has 0 saturated heterocycles. The molecular formula is C20H12Cl3N3O3S2. The van der Waals surface area contributed by atoms with Crippen LogP contribution in [0.5, 0.6) is 0 Å². The molecular weight excluding hydrogens is 501 g/mol. The molecule has 11 heteroatoms. The molecule has 2 N–H and O–H groups in total. The molecule has 0 atom stereocenters. The van der Waals surface area contributed by atoms with Crippen molar-refractivity contribution >= 4 is 83.1 Å². The molecule has 0 aliphatic carbocycles. The molecule has 1 amide bonds. The van der Waals surface area contributed by atoms with E-state index in [1.54, 1.807) is 24.3 Å². The van der Waals surface area contributed by atoms with Crippen LogP contribution < -0.4 is 10.0 Å². The van der Waals surface area contributed by atoms with Crippen molar-refractivity contribution in [1.82, 2.24) is 4.98 Å². The summed E-state index contributed by atoms with van der Waals surface area (Å²) >= 11 is 19.2. The van der Waals surface area contributed by atoms with Crippen molar-refractivity contribution in [2.24, 2.45) is 0 Å². The molecule has 0 saturated carbocycles. The molecule has 3 aromatic carbocycles. The van der Waals surface area contributed by atoms with E-state index in [0.29, 0.717) is 25.7 Å². The lowest BCUT2D eigenvalue weighted by molar-refractivity contribution is 0.102. The van der Waals surface area contributed by atoms with Gasteiger partial charge in [-0.2, -0.15) is 0 Å². The second-order valence-corrected chi connectivity index (χ2v) is 10.2. The number of nitrogens with zero attached hydrogens (tertiary/aromatic N) is 1. The van der Waals surface area contributed by atoms with E-state index in [0.717, 1.165) is 4.70 Å². The maximum Gasteiger partial charge on any atom is 0.261 e. The average molecular weight is 513 g/mol. The van der Waals surface area contributed by atoms with Crippen LogP contribution in [0, 0.1) is 0 Å². The number of thiazole rings is 1. The predicted molar refractivity (Wildman–Crippen MR) is 126 cm³/mol. The monoisotopic (exact) mass is 511 g/mol. The zero-order valence-corrected chi connectivity index (χ0v) is 19.3. The van der Waals surface area contributed by atoms with Gasteiger partial charge in [-0.3, -0.25) is 14.8 Å². The van der Waals surface area contributed by atoms with Crippen LogP contribution in [0.4, 0.5) is 10.8 Å². The highest BCUT2D eigenvalue weighted by Crippen LogP contribution is 2.35. The standard InChI is InChI=1S/C20H12Cl3N3O3S2/c21-11-5-7-12(8-6-11)31(28,29)26-15-4-2-1-3-13(15)19(27)25-20-24-18-16(30-20)10-9-14(22)17(18)23/h1-10,26H,(H,24,25,27). The number of hydrogen-bond acceptors (Lipinski definition) is 5. The topological polar surface area (TPSA) is 88.2 Å². The Morgan fingerprint density at radius 2 is 1.65 bits per heavy atom. The number of para-hydroxylation sites is 1. The summed E-state index contributed by atoms with van der Waals surface area (Å²) in [6.07, 6.45) is 0. The van der Waals surface area contributed by atoms with Crippen LogP contribution in [0.3, 0.4) is 0 Å². The van der Waals surface area contributed by atoms with Crippen LogP contribution in [0.1, 0.15) is 10.4 Å². The van der Waals surface area contributed by atoms with Gasteiger partial charge in [-0.1, -0.05) is 58.3 Å². The molecule has 1 heterocycles. The fourth-order valence-corrected chi connectivity index (χ4v) is 5.23. The summed E-state index contributed by atoms with van der Waals surface area (Å²) in [4.78, 5) is 17.2. The average Bonchev–Trinajstić information content (AvgIpc) is 3.14. The van der Waals surface area contributed by atoms with Crippen LogP contribution >= 0.6 is 46.1 Å². The van der Waals surface area contributed by atoms with Gasteiger partial charge in [-0.15, -0.1) is 0 Å². The lowest BCUT2D eigenvalue weighted by atomic mass is 10.2. The molecule has 0 aliphatic heterocycles. The van der Waals surface area contributed by atoms with E-state index < -0.39 is 15.9 Å². The van der Waals surface area contributed by atoms with Gasteiger partial charge < -0.3 is 0 Å². The number of carbonyl (C=O) groups is 1. The molecule has 6 nitrogen and oxygen atoms in total. The molecule has 4 aromatic rings. The highest BCUT2D eigenvalue weighted by molar-refractivity contribution is 7.92. The molecule has 0 radical (unpaired) electrons. The van der Waals surface area contributed by atoms with Gasteiger partial charge in [-0.25, -0.2) is 13.4 Å². The first-order chi connectivity index (χ1) is 14.7. The number of nitrogens with one attached hydrogen (secondary N) is 2. The van der Waals surface area contributed by atoms with Crippen molar-refractivity contribution in [2.75, 3.05) is 10.0 Å². The number of benzene rings is 3. The number of anilines is 2. The summed E-state index contributed by atoms with van der Waals surface area (Å²) in [5, 5.41) is 4.06. The number of carbonyl (C=O) groups excluding carboxylic acids is 1. The van der Waals surface area contributed by atoms with Crippen LogP contribution in [0.25, 0.3) is 10.2 Å². The number of sulfonamides is 1. The molecule has 0 spiro atoms. The van der Waals surface area contributed by atoms with Gasteiger partial charge in [0.15, 0.2) is 5.13 Å². The normalized spacial score (nSPS) is 11.5. The number of hydrogen-bond donors (Lipinski definition) is 2. The highest BCUT2D eigenvalue weighted by Gasteiger charge is 2.20. The molecule has 4 rings (SSSR count). The summed E-state index contributed by atoms with van der Waals surface area (Å²) in [6, 6.07) is 15.4. The molecule has 31 heavy (non-hydrogen) atoms. The maximum atomic E-state index is 12.9. The highest BCUT2D eigenvalue weighted by atomic mass is 35.5. The van der Waals surface area contributed by atoms with Gasteiger partial charge in [0.05, 0.1) is 30.9 Å². The van der Waals surface area contributed by atoms with E-state index >= 15 is 0 Å². The van der Waals surface area contributed by atoms with Crippen LogP contribution in [-0.4, -0.2) is 19.3 Å². The molecule has 158 valence electrons. The third kappa shape index (κ3) is 4.63. The number of halogens is 3. The largest absolute Gasteiger partial charge is 0.298 e. The molecule has 0 unspecified atom stereocenters.